The number of carbonyl (C=O) groups is 9. The number of amides is 5. The van der Waals surface area contributed by atoms with E-state index in [4.69, 9.17) is 30.8 Å². The van der Waals surface area contributed by atoms with Crippen molar-refractivity contribution in [2.45, 2.75) is 103 Å². The Kier molecular flexibility index (Phi) is 31.3. The van der Waals surface area contributed by atoms with E-state index >= 15 is 0 Å². The zero-order valence-electron chi connectivity index (χ0n) is 75.4. The molecular formula is C111H101FN6O19. The lowest BCUT2D eigenvalue weighted by Gasteiger charge is -2.37. The molecule has 0 saturated carbocycles. The summed E-state index contributed by atoms with van der Waals surface area (Å²) in [6.45, 7) is 7.55. The number of phenolic OH excluding ortho intramolecular Hbond substituents is 2. The number of aryl methyl sites for hydroxylation is 2. The normalized spacial score (nSPS) is 14.7. The Balaban J connectivity index is 0.000000157. The number of benzene rings is 14. The second-order valence-corrected chi connectivity index (χ2v) is 32.4. The van der Waals surface area contributed by atoms with Gasteiger partial charge in [0.2, 0.25) is 5.91 Å². The smallest absolute Gasteiger partial charge is 0.411 e. The highest BCUT2D eigenvalue weighted by atomic mass is 19.1. The number of nitrogen functional groups attached to an aromatic ring is 1. The largest absolute Gasteiger partial charge is 0.508 e. The van der Waals surface area contributed by atoms with Crippen LogP contribution < -0.4 is 41.8 Å². The van der Waals surface area contributed by atoms with Crippen molar-refractivity contribution in [3.05, 3.63) is 434 Å². The lowest BCUT2D eigenvalue weighted by molar-refractivity contribution is -0.156. The molecule has 19 rings (SSSR count). The van der Waals surface area contributed by atoms with E-state index < -0.39 is 72.4 Å². The Hall–Kier alpha value is -16.8. The number of hydrogen-bond donors (Lipinski definition) is 10. The summed E-state index contributed by atoms with van der Waals surface area (Å²) in [4.78, 5) is 106. The number of anilines is 3. The SMILES string of the molecule is C.CC(=O)OC(C)=O.Cc1ccc(C[C@H](NC(=O)c2ccccc2)C(=O)O)cc1.Cc1ccc2c(c1)Oc1cc(NC(=O)[C@H](Cc3ccc(O)cc3)NC(=O)c3ccccc3)ccc1C21OCc2ccccc21.Nc1ccc2c(c1)Oc1cc(NC(=O)OCC3c4ccccc4-c4ccccc43)ccc1C21OCc2ccccc21.O=C(N[C@@H](Cc1ccc(O)cc1)C(=O)O)c1ccccc1.[2H]CF. The third-order valence-electron chi connectivity index (χ3n) is 23.1. The van der Waals surface area contributed by atoms with Crippen molar-refractivity contribution in [3.63, 3.8) is 0 Å². The summed E-state index contributed by atoms with van der Waals surface area (Å²) in [5.41, 5.74) is 24.7. The maximum atomic E-state index is 13.7. The van der Waals surface area contributed by atoms with Crippen LogP contribution in [0.5, 0.6) is 34.5 Å². The first-order valence-electron chi connectivity index (χ1n) is 44.1. The van der Waals surface area contributed by atoms with Crippen LogP contribution in [0.3, 0.4) is 0 Å². The van der Waals surface area contributed by atoms with Gasteiger partial charge < -0.3 is 75.8 Å². The molecule has 0 aromatic heterocycles. The maximum Gasteiger partial charge on any atom is 0.411 e. The van der Waals surface area contributed by atoms with E-state index in [-0.39, 0.29) is 68.4 Å². The molecule has 11 N–H and O–H groups in total. The predicted octanol–water partition coefficient (Wildman–Crippen LogP) is 19.7. The van der Waals surface area contributed by atoms with Crippen LogP contribution in [0, 0.1) is 13.8 Å². The molecule has 4 aliphatic heterocycles. The predicted molar refractivity (Wildman–Crippen MR) is 518 cm³/mol. The topological polar surface area (TPSA) is 376 Å². The molecule has 26 heteroatoms. The fourth-order valence-corrected chi connectivity index (χ4v) is 16.8. The van der Waals surface area contributed by atoms with Crippen molar-refractivity contribution in [2.24, 2.45) is 0 Å². The van der Waals surface area contributed by atoms with Crippen molar-refractivity contribution in [1.29, 1.82) is 0 Å². The van der Waals surface area contributed by atoms with Crippen LogP contribution >= 0.6 is 0 Å². The monoisotopic (exact) mass is 1840 g/mol. The van der Waals surface area contributed by atoms with E-state index in [0.29, 0.717) is 75.5 Å². The number of carboxylic acid groups (broad SMARTS) is 2. The number of hydrogen-bond acceptors (Lipinski definition) is 18. The summed E-state index contributed by atoms with van der Waals surface area (Å²) >= 11 is 0. The van der Waals surface area contributed by atoms with Crippen LogP contribution in [0.25, 0.3) is 11.1 Å². The molecule has 5 aliphatic rings. The van der Waals surface area contributed by atoms with E-state index in [2.05, 4.69) is 92.0 Å². The number of rotatable bonds is 19. The Morgan fingerprint density at radius 2 is 0.774 bits per heavy atom. The fraction of sp³-hybridized carbons (Fsp3) is 0.162. The summed E-state index contributed by atoms with van der Waals surface area (Å²) in [6, 6.07) is 99.3. The fourth-order valence-electron chi connectivity index (χ4n) is 16.8. The molecule has 137 heavy (non-hydrogen) atoms. The second kappa shape index (κ2) is 44.6. The van der Waals surface area contributed by atoms with Gasteiger partial charge in [0.1, 0.15) is 59.2 Å². The van der Waals surface area contributed by atoms with E-state index in [1.807, 2.05) is 147 Å². The lowest BCUT2D eigenvalue weighted by Crippen LogP contribution is -2.45. The minimum absolute atomic E-state index is 0. The van der Waals surface area contributed by atoms with Crippen molar-refractivity contribution < 1.29 is 97.8 Å². The first-order chi connectivity index (χ1) is 66.2. The third-order valence-corrected chi connectivity index (χ3v) is 23.1. The van der Waals surface area contributed by atoms with Gasteiger partial charge >= 0.3 is 30.0 Å². The summed E-state index contributed by atoms with van der Waals surface area (Å²) < 4.78 is 51.3. The number of aliphatic carboxylic acids is 2. The molecular weight excluding hydrogens is 1740 g/mol. The van der Waals surface area contributed by atoms with Gasteiger partial charge in [-0.25, -0.2) is 14.4 Å². The second-order valence-electron chi connectivity index (χ2n) is 32.4. The average Bonchev–Trinajstić information content (AvgIpc) is 1.48. The molecule has 14 aromatic carbocycles. The maximum absolute atomic E-state index is 13.7. The minimum atomic E-state index is -1.10. The molecule has 0 bridgehead atoms. The number of phenols is 2. The van der Waals surface area contributed by atoms with Gasteiger partial charge in [0, 0.05) is 113 Å². The Morgan fingerprint density at radius 3 is 1.20 bits per heavy atom. The van der Waals surface area contributed by atoms with Crippen molar-refractivity contribution in [3.8, 4) is 45.6 Å². The number of carbonyl (C=O) groups excluding carboxylic acids is 7. The first-order valence-corrected chi connectivity index (χ1v) is 43.4. The number of nitrogens with one attached hydrogen (secondary N) is 5. The summed E-state index contributed by atoms with van der Waals surface area (Å²) in [5.74, 6) is -2.08. The zero-order chi connectivity index (χ0) is 96.9. The summed E-state index contributed by atoms with van der Waals surface area (Å²) in [7, 11) is -1.00. The molecule has 5 amide bonds. The lowest BCUT2D eigenvalue weighted by atomic mass is 9.77. The molecule has 0 saturated heterocycles. The number of halogens is 1. The van der Waals surface area contributed by atoms with Gasteiger partial charge in [0.25, 0.3) is 17.7 Å². The van der Waals surface area contributed by atoms with Crippen LogP contribution in [0.4, 0.5) is 26.2 Å². The molecule has 4 heterocycles. The zero-order valence-corrected chi connectivity index (χ0v) is 74.4. The van der Waals surface area contributed by atoms with Crippen LogP contribution in [0.2, 0.25) is 0 Å². The van der Waals surface area contributed by atoms with Crippen molar-refractivity contribution in [2.75, 3.05) is 30.1 Å². The molecule has 5 atom stereocenters. The molecule has 2 unspecified atom stereocenters. The number of ether oxygens (including phenoxy) is 6. The number of alkyl halides is 1. The van der Waals surface area contributed by atoms with Crippen LogP contribution in [0.1, 0.15) is 143 Å². The molecule has 0 fully saturated rings. The van der Waals surface area contributed by atoms with Crippen molar-refractivity contribution >= 4 is 70.7 Å². The van der Waals surface area contributed by atoms with Gasteiger partial charge in [-0.1, -0.05) is 225 Å². The number of fused-ring (bicyclic) bond motifs is 15. The number of esters is 2. The quantitative estimate of drug-likeness (QED) is 0.0204. The van der Waals surface area contributed by atoms with Gasteiger partial charge in [0.15, 0.2) is 11.2 Å². The highest BCUT2D eigenvalue weighted by Crippen LogP contribution is 2.59. The molecule has 14 aromatic rings. The van der Waals surface area contributed by atoms with Gasteiger partial charge in [-0.2, -0.15) is 0 Å². The standard InChI is InChI=1S/C37H30N2O5.C35H26N2O4.C17H17NO3.C16H15NO4.C4H6O3.CH3F.CH4/c1-23-11-17-30-33(19-23)44-34-21-27(14-18-31(34)37(30)29-10-6-5-9-26(29)22-43-37)38-36(42)32(20-24-12-15-28(40)16-13-24)39-35(41)25-7-3-2-4-8-25;36-22-13-15-30-32(17-22)41-33-18-23(14-16-31(33)35(30)29-12-6-1-7-21(29)19-40-35)37-34(38)39-20-28-26-10-4-2-8-24(26)25-9-3-5-11-27(25)28;1-12-7-9-13(10-8-12)11-15(17(20)21)18-16(19)14-5-3-2-4-6-14;18-13-8-6-11(7-9-13)10-14(16(20)21)17-15(19)12-4-2-1-3-5-12;1-3(5)7-4(2)6;1-2;/h2-19,21,32,40H,20,22H2,1H3,(H,38,42)(H,39,41);1-18,28H,19-20,36H2,(H,37,38);2-10,15H,11H2,1H3,(H,18,19)(H,20,21);1-9,14,18H,10H2,(H,17,19)(H,20,21);1-2H3;1H3;1H4/t32-,37?;;15-;14-;;;/m0.00.../s1/i;;;;;1D;. The van der Waals surface area contributed by atoms with Gasteiger partial charge in [-0.3, -0.25) is 38.5 Å². The summed E-state index contributed by atoms with van der Waals surface area (Å²) in [6.07, 6.45) is 0.110. The molecule has 2 spiro atoms. The van der Waals surface area contributed by atoms with E-state index in [1.54, 1.807) is 127 Å². The van der Waals surface area contributed by atoms with E-state index in [0.717, 1.165) is 66.8 Å². The number of carboxylic acids is 2. The van der Waals surface area contributed by atoms with Crippen LogP contribution in [0.15, 0.2) is 334 Å². The van der Waals surface area contributed by atoms with Crippen LogP contribution in [-0.2, 0) is 86.6 Å². The Labute approximate surface area is 792 Å². The molecule has 0 radical (unpaired) electrons. The highest BCUT2D eigenvalue weighted by Gasteiger charge is 2.51. The van der Waals surface area contributed by atoms with E-state index in [1.165, 1.54) is 48.2 Å². The average molecular weight is 1840 g/mol. The highest BCUT2D eigenvalue weighted by molar-refractivity contribution is 6.02. The van der Waals surface area contributed by atoms with Crippen LogP contribution in [-0.4, -0.2) is 106 Å². The van der Waals surface area contributed by atoms with Crippen molar-refractivity contribution in [1.82, 2.24) is 16.0 Å². The van der Waals surface area contributed by atoms with Gasteiger partial charge in [-0.15, -0.1) is 0 Å². The van der Waals surface area contributed by atoms with Gasteiger partial charge in [0.05, 0.1) is 21.7 Å². The Bertz CT molecular complexity index is 6590. The minimum Gasteiger partial charge on any atom is -0.508 e. The first kappa shape index (κ1) is 96.2. The van der Waals surface area contributed by atoms with E-state index in [9.17, 15) is 68.0 Å². The van der Waals surface area contributed by atoms with Gasteiger partial charge in [-0.05, 0) is 184 Å². The number of nitrogens with two attached hydrogens (primary N) is 1. The molecule has 696 valence electrons. The molecule has 1 aliphatic carbocycles. The third kappa shape index (κ3) is 23.1. The Morgan fingerprint density at radius 1 is 0.423 bits per heavy atom. The summed E-state index contributed by atoms with van der Waals surface area (Å²) in [5, 5.41) is 51.2. The molecule has 25 nitrogen and oxygen atoms in total. The number of aromatic hydroxyl groups is 2.